The molecule has 40 heavy (non-hydrogen) atoms. The van der Waals surface area contributed by atoms with Crippen molar-refractivity contribution in [1.82, 2.24) is 15.3 Å². The Balaban J connectivity index is 1.47. The molecule has 2 aliphatic rings. The van der Waals surface area contributed by atoms with Gasteiger partial charge in [-0.15, -0.1) is 0 Å². The second-order valence-electron chi connectivity index (χ2n) is 11.0. The van der Waals surface area contributed by atoms with Gasteiger partial charge in [-0.05, 0) is 82.1 Å². The van der Waals surface area contributed by atoms with E-state index in [9.17, 15) is 18.5 Å². The Kier molecular flexibility index (Phi) is 7.89. The molecule has 1 saturated carbocycles. The van der Waals surface area contributed by atoms with Crippen molar-refractivity contribution in [3.05, 3.63) is 66.1 Å². The van der Waals surface area contributed by atoms with Crippen molar-refractivity contribution in [3.8, 4) is 11.4 Å². The minimum atomic E-state index is -1.42. The number of nitrogens with zero attached hydrogens (tertiary/aromatic N) is 3. The number of ether oxygens (including phenoxy) is 1. The van der Waals surface area contributed by atoms with E-state index in [1.54, 1.807) is 38.1 Å². The van der Waals surface area contributed by atoms with Crippen LogP contribution in [-0.2, 0) is 20.3 Å². The summed E-state index contributed by atoms with van der Waals surface area (Å²) >= 11 is 0. The van der Waals surface area contributed by atoms with Gasteiger partial charge < -0.3 is 25.4 Å². The Bertz CT molecular complexity index is 1400. The fraction of sp³-hybridized carbons (Fsp3) is 0.414. The monoisotopic (exact) mass is 567 g/mol. The van der Waals surface area contributed by atoms with E-state index in [4.69, 9.17) is 14.7 Å². The fourth-order valence-corrected chi connectivity index (χ4v) is 6.26. The summed E-state index contributed by atoms with van der Waals surface area (Å²) in [5.41, 5.74) is 1.26. The quantitative estimate of drug-likeness (QED) is 0.374. The van der Waals surface area contributed by atoms with Gasteiger partial charge in [0.2, 0.25) is 0 Å². The summed E-state index contributed by atoms with van der Waals surface area (Å²) in [6, 6.07) is 14.6. The zero-order valence-electron chi connectivity index (χ0n) is 22.8. The van der Waals surface area contributed by atoms with Gasteiger partial charge in [-0.25, -0.2) is 19.2 Å². The molecule has 1 saturated heterocycles. The van der Waals surface area contributed by atoms with Crippen LogP contribution in [0.3, 0.4) is 0 Å². The van der Waals surface area contributed by atoms with Gasteiger partial charge in [-0.3, -0.25) is 4.21 Å². The van der Waals surface area contributed by atoms with Gasteiger partial charge in [0.15, 0.2) is 5.82 Å². The number of aliphatic hydroxyl groups excluding tert-OH is 1. The van der Waals surface area contributed by atoms with Crippen LogP contribution >= 0.6 is 0 Å². The van der Waals surface area contributed by atoms with Crippen LogP contribution < -0.4 is 15.5 Å². The number of carbonyl (C=O) groups excluding carboxylic acids is 1. The van der Waals surface area contributed by atoms with Crippen LogP contribution in [0.1, 0.15) is 39.3 Å². The summed E-state index contributed by atoms with van der Waals surface area (Å²) < 4.78 is 32.2. The highest BCUT2D eigenvalue weighted by molar-refractivity contribution is 7.86. The van der Waals surface area contributed by atoms with Crippen LogP contribution in [0.5, 0.6) is 0 Å². The van der Waals surface area contributed by atoms with Crippen LogP contribution in [0.25, 0.3) is 11.4 Å². The van der Waals surface area contributed by atoms with Gasteiger partial charge in [0.05, 0.1) is 52.6 Å². The third-order valence-electron chi connectivity index (χ3n) is 7.18. The van der Waals surface area contributed by atoms with Crippen LogP contribution in [0.2, 0.25) is 0 Å². The topological polar surface area (TPSA) is 117 Å². The highest BCUT2D eigenvalue weighted by atomic mass is 32.2. The number of carbonyl (C=O) groups is 1. The lowest BCUT2D eigenvalue weighted by Gasteiger charge is -2.34. The van der Waals surface area contributed by atoms with Crippen molar-refractivity contribution in [2.24, 2.45) is 0 Å². The number of urea groups is 1. The summed E-state index contributed by atoms with van der Waals surface area (Å²) in [6.07, 6.45) is 1.40. The van der Waals surface area contributed by atoms with Crippen molar-refractivity contribution in [1.29, 1.82) is 0 Å². The number of halogens is 1. The Morgan fingerprint density at radius 2 is 1.88 bits per heavy atom. The van der Waals surface area contributed by atoms with Gasteiger partial charge in [0.1, 0.15) is 11.6 Å². The maximum atomic E-state index is 13.7. The number of benzene rings is 2. The largest absolute Gasteiger partial charge is 0.394 e. The van der Waals surface area contributed by atoms with Crippen molar-refractivity contribution in [2.75, 3.05) is 36.6 Å². The Morgan fingerprint density at radius 1 is 1.18 bits per heavy atom. The molecule has 212 valence electrons. The number of aliphatic hydroxyl groups is 1. The van der Waals surface area contributed by atoms with E-state index in [1.807, 2.05) is 18.2 Å². The molecular weight excluding hydrogens is 533 g/mol. The third kappa shape index (κ3) is 6.01. The molecule has 1 aromatic heterocycles. The number of aromatic nitrogens is 2. The van der Waals surface area contributed by atoms with Crippen molar-refractivity contribution in [2.45, 2.75) is 54.8 Å². The predicted octanol–water partition coefficient (Wildman–Crippen LogP) is 4.20. The lowest BCUT2D eigenvalue weighted by Crippen LogP contribution is -2.48. The van der Waals surface area contributed by atoms with E-state index in [0.717, 1.165) is 11.4 Å². The SMILES string of the molecule is C[C@H]1COCCN1c1cc(C2(S(=O)c3ccc(F)cc3)CC2)nc(-c2ccc(NC(=O)NC(C)(C)CO)cc2)n1. The molecule has 3 aromatic rings. The molecular formula is C29H34FN5O4S. The van der Waals surface area contributed by atoms with Gasteiger partial charge in [0.25, 0.3) is 0 Å². The van der Waals surface area contributed by atoms with Crippen molar-refractivity contribution >= 4 is 28.3 Å². The van der Waals surface area contributed by atoms with Crippen molar-refractivity contribution in [3.63, 3.8) is 0 Å². The lowest BCUT2D eigenvalue weighted by atomic mass is 10.1. The van der Waals surface area contributed by atoms with E-state index in [-0.39, 0.29) is 18.5 Å². The predicted molar refractivity (Wildman–Crippen MR) is 152 cm³/mol. The first kappa shape index (κ1) is 28.1. The minimum absolute atomic E-state index is 0.107. The number of morpholine rings is 1. The first-order valence-corrected chi connectivity index (χ1v) is 14.5. The third-order valence-corrected chi connectivity index (χ3v) is 9.20. The van der Waals surface area contributed by atoms with Crippen LogP contribution in [0.15, 0.2) is 59.5 Å². The molecule has 0 radical (unpaired) electrons. The zero-order valence-corrected chi connectivity index (χ0v) is 23.6. The molecule has 0 spiro atoms. The first-order valence-electron chi connectivity index (χ1n) is 13.3. The highest BCUT2D eigenvalue weighted by Crippen LogP contribution is 2.53. The van der Waals surface area contributed by atoms with E-state index in [0.29, 0.717) is 54.7 Å². The molecule has 1 aliphatic carbocycles. The summed E-state index contributed by atoms with van der Waals surface area (Å²) in [4.78, 5) is 24.9. The number of hydrogen-bond donors (Lipinski definition) is 3. The van der Waals surface area contributed by atoms with E-state index in [1.165, 1.54) is 12.1 Å². The number of anilines is 2. The molecule has 11 heteroatoms. The Labute approximate surface area is 235 Å². The smallest absolute Gasteiger partial charge is 0.319 e. The Morgan fingerprint density at radius 3 is 2.50 bits per heavy atom. The molecule has 2 atom stereocenters. The fourth-order valence-electron chi connectivity index (χ4n) is 4.66. The van der Waals surface area contributed by atoms with Gasteiger partial charge in [-0.2, -0.15) is 0 Å². The van der Waals surface area contributed by atoms with E-state index >= 15 is 0 Å². The molecule has 2 fully saturated rings. The summed E-state index contributed by atoms with van der Waals surface area (Å²) in [5, 5.41) is 14.9. The van der Waals surface area contributed by atoms with Gasteiger partial charge in [-0.1, -0.05) is 0 Å². The standard InChI is InChI=1S/C29H34FN5O4S/c1-19-17-39-15-14-35(19)25-16-24(29(12-13-29)40(38)23-10-6-21(30)7-11-23)32-26(33-25)20-4-8-22(9-5-20)31-27(37)34-28(2,3)18-36/h4-11,16,19,36H,12-15,17-18H2,1-3H3,(H2,31,34,37)/t19-,40?/m0/s1. The molecule has 1 aliphatic heterocycles. The van der Waals surface area contributed by atoms with Crippen LogP contribution in [0.4, 0.5) is 20.7 Å². The Hall–Kier alpha value is -3.41. The van der Waals surface area contributed by atoms with Gasteiger partial charge >= 0.3 is 6.03 Å². The molecule has 3 N–H and O–H groups in total. The number of amides is 2. The molecule has 5 rings (SSSR count). The maximum Gasteiger partial charge on any atom is 0.319 e. The number of rotatable bonds is 8. The first-order chi connectivity index (χ1) is 19.1. The molecule has 9 nitrogen and oxygen atoms in total. The summed E-state index contributed by atoms with van der Waals surface area (Å²) in [6.45, 7) is 7.18. The van der Waals surface area contributed by atoms with E-state index < -0.39 is 27.1 Å². The second-order valence-corrected chi connectivity index (χ2v) is 12.8. The highest BCUT2D eigenvalue weighted by Gasteiger charge is 2.52. The molecule has 2 aromatic carbocycles. The molecule has 0 bridgehead atoms. The minimum Gasteiger partial charge on any atom is -0.394 e. The summed E-state index contributed by atoms with van der Waals surface area (Å²) in [7, 11) is -1.42. The normalized spacial score (nSPS) is 19.1. The molecule has 2 heterocycles. The molecule has 1 unspecified atom stereocenters. The average Bonchev–Trinajstić information content (AvgIpc) is 3.75. The lowest BCUT2D eigenvalue weighted by molar-refractivity contribution is 0.0985. The zero-order chi connectivity index (χ0) is 28.5. The maximum absolute atomic E-state index is 13.7. The van der Waals surface area contributed by atoms with Gasteiger partial charge in [0, 0.05) is 28.8 Å². The number of hydrogen-bond acceptors (Lipinski definition) is 7. The van der Waals surface area contributed by atoms with Crippen LogP contribution in [-0.4, -0.2) is 63.3 Å². The van der Waals surface area contributed by atoms with Crippen LogP contribution in [0, 0.1) is 5.82 Å². The van der Waals surface area contributed by atoms with Crippen molar-refractivity contribution < 1.29 is 23.2 Å². The summed E-state index contributed by atoms with van der Waals surface area (Å²) in [5.74, 6) is 0.864. The second kappa shape index (κ2) is 11.2. The molecule has 2 amide bonds. The number of nitrogens with one attached hydrogen (secondary N) is 2. The average molecular weight is 568 g/mol. The van der Waals surface area contributed by atoms with E-state index in [2.05, 4.69) is 22.5 Å².